The highest BCUT2D eigenvalue weighted by Gasteiger charge is 2.22. The van der Waals surface area contributed by atoms with Gasteiger partial charge in [-0.15, -0.1) is 0 Å². The van der Waals surface area contributed by atoms with Gasteiger partial charge in [0.05, 0.1) is 10.7 Å². The molecule has 0 spiro atoms. The molecule has 0 atom stereocenters. The van der Waals surface area contributed by atoms with Crippen LogP contribution in [0.5, 0.6) is 5.75 Å². The summed E-state index contributed by atoms with van der Waals surface area (Å²) in [5.74, 6) is 0.763. The summed E-state index contributed by atoms with van der Waals surface area (Å²) in [6.45, 7) is 4.44. The summed E-state index contributed by atoms with van der Waals surface area (Å²) in [5, 5.41) is 4.72. The molecule has 3 aromatic rings. The van der Waals surface area contributed by atoms with Crippen LogP contribution >= 0.6 is 11.6 Å². The van der Waals surface area contributed by atoms with Gasteiger partial charge in [0.1, 0.15) is 25.0 Å². The van der Waals surface area contributed by atoms with E-state index in [0.29, 0.717) is 36.0 Å². The van der Waals surface area contributed by atoms with Crippen LogP contribution in [0.3, 0.4) is 0 Å². The summed E-state index contributed by atoms with van der Waals surface area (Å²) in [4.78, 5) is 20.9. The lowest BCUT2D eigenvalue weighted by Gasteiger charge is -2.34. The molecule has 4 rings (SSSR count). The topological polar surface area (TPSA) is 63.5 Å². The van der Waals surface area contributed by atoms with Gasteiger partial charge in [0.25, 0.3) is 5.91 Å². The number of piperazine rings is 1. The fourth-order valence-electron chi connectivity index (χ4n) is 3.30. The Morgan fingerprint density at radius 1 is 1.03 bits per heavy atom. The molecule has 0 bridgehead atoms. The average Bonchev–Trinajstić information content (AvgIpc) is 3.30. The van der Waals surface area contributed by atoms with Gasteiger partial charge < -0.3 is 9.64 Å². The first-order chi connectivity index (χ1) is 14.2. The van der Waals surface area contributed by atoms with Gasteiger partial charge in [-0.25, -0.2) is 9.67 Å². The molecule has 7 nitrogen and oxygen atoms in total. The number of amides is 1. The van der Waals surface area contributed by atoms with Crippen molar-refractivity contribution < 1.29 is 9.53 Å². The highest BCUT2D eigenvalue weighted by molar-refractivity contribution is 6.32. The first kappa shape index (κ1) is 19.4. The number of carbonyl (C=O) groups excluding carboxylic acids is 1. The number of ether oxygens (including phenoxy) is 1. The van der Waals surface area contributed by atoms with Crippen LogP contribution in [-0.2, 0) is 0 Å². The Morgan fingerprint density at radius 2 is 1.79 bits per heavy atom. The normalized spacial score (nSPS) is 14.7. The summed E-state index contributed by atoms with van der Waals surface area (Å²) in [6, 6.07) is 14.9. The quantitative estimate of drug-likeness (QED) is 0.624. The van der Waals surface area contributed by atoms with Crippen LogP contribution in [0, 0.1) is 0 Å². The minimum atomic E-state index is 0.0575. The molecule has 29 heavy (non-hydrogen) atoms. The predicted octanol–water partition coefficient (Wildman–Crippen LogP) is 2.76. The fourth-order valence-corrected chi connectivity index (χ4v) is 3.49. The Morgan fingerprint density at radius 3 is 2.48 bits per heavy atom. The summed E-state index contributed by atoms with van der Waals surface area (Å²) >= 11 is 6.11. The van der Waals surface area contributed by atoms with Crippen molar-refractivity contribution in [1.82, 2.24) is 24.6 Å². The number of nitrogens with zero attached hydrogens (tertiary/aromatic N) is 5. The number of halogens is 1. The van der Waals surface area contributed by atoms with E-state index in [9.17, 15) is 4.79 Å². The van der Waals surface area contributed by atoms with Crippen LogP contribution in [0.25, 0.3) is 5.69 Å². The molecule has 150 valence electrons. The van der Waals surface area contributed by atoms with Gasteiger partial charge >= 0.3 is 0 Å². The van der Waals surface area contributed by atoms with Gasteiger partial charge in [-0.3, -0.25) is 9.69 Å². The molecular formula is C21H22ClN5O2. The van der Waals surface area contributed by atoms with Crippen LogP contribution < -0.4 is 4.74 Å². The van der Waals surface area contributed by atoms with Gasteiger partial charge in [0, 0.05) is 38.3 Å². The number of hydrogen-bond acceptors (Lipinski definition) is 5. The van der Waals surface area contributed by atoms with Crippen molar-refractivity contribution in [2.75, 3.05) is 39.3 Å². The highest BCUT2D eigenvalue weighted by atomic mass is 35.5. The third-order valence-corrected chi connectivity index (χ3v) is 5.27. The molecule has 1 fully saturated rings. The molecule has 1 amide bonds. The van der Waals surface area contributed by atoms with E-state index in [1.807, 2.05) is 53.4 Å². The SMILES string of the molecule is O=C(c1ccc(-n2cncn2)cc1)N1CCN(CCOc2ccccc2Cl)CC1. The second-order valence-corrected chi connectivity index (χ2v) is 7.21. The van der Waals surface area contributed by atoms with Gasteiger partial charge in [-0.1, -0.05) is 23.7 Å². The second kappa shape index (κ2) is 9.07. The first-order valence-electron chi connectivity index (χ1n) is 9.55. The zero-order valence-corrected chi connectivity index (χ0v) is 16.7. The Balaban J connectivity index is 1.25. The maximum absolute atomic E-state index is 12.8. The van der Waals surface area contributed by atoms with Crippen molar-refractivity contribution in [2.45, 2.75) is 0 Å². The van der Waals surface area contributed by atoms with Crippen molar-refractivity contribution in [2.24, 2.45) is 0 Å². The van der Waals surface area contributed by atoms with Crippen LogP contribution in [0.4, 0.5) is 0 Å². The third-order valence-electron chi connectivity index (χ3n) is 4.96. The average molecular weight is 412 g/mol. The van der Waals surface area contributed by atoms with Crippen LogP contribution in [-0.4, -0.2) is 69.8 Å². The largest absolute Gasteiger partial charge is 0.491 e. The number of rotatable bonds is 6. The smallest absolute Gasteiger partial charge is 0.253 e. The summed E-state index contributed by atoms with van der Waals surface area (Å²) in [7, 11) is 0. The van der Waals surface area contributed by atoms with Gasteiger partial charge in [-0.2, -0.15) is 5.10 Å². The van der Waals surface area contributed by atoms with E-state index in [1.165, 1.54) is 6.33 Å². The van der Waals surface area contributed by atoms with Crippen LogP contribution in [0.1, 0.15) is 10.4 Å². The number of hydrogen-bond donors (Lipinski definition) is 0. The lowest BCUT2D eigenvalue weighted by atomic mass is 10.1. The minimum absolute atomic E-state index is 0.0575. The molecule has 1 aliphatic rings. The molecular weight excluding hydrogens is 390 g/mol. The molecule has 2 aromatic carbocycles. The molecule has 1 aromatic heterocycles. The molecule has 0 saturated carbocycles. The second-order valence-electron chi connectivity index (χ2n) is 6.80. The zero-order valence-electron chi connectivity index (χ0n) is 15.9. The van der Waals surface area contributed by atoms with Crippen molar-refractivity contribution in [3.05, 3.63) is 71.8 Å². The molecule has 1 saturated heterocycles. The molecule has 8 heteroatoms. The summed E-state index contributed by atoms with van der Waals surface area (Å²) in [5.41, 5.74) is 1.56. The maximum Gasteiger partial charge on any atom is 0.253 e. The fraction of sp³-hybridized carbons (Fsp3) is 0.286. The number of carbonyl (C=O) groups is 1. The van der Waals surface area contributed by atoms with E-state index in [1.54, 1.807) is 11.0 Å². The lowest BCUT2D eigenvalue weighted by molar-refractivity contribution is 0.0620. The molecule has 0 aliphatic carbocycles. The van der Waals surface area contributed by atoms with E-state index >= 15 is 0 Å². The molecule has 2 heterocycles. The zero-order chi connectivity index (χ0) is 20.1. The lowest BCUT2D eigenvalue weighted by Crippen LogP contribution is -2.49. The number of aromatic nitrogens is 3. The van der Waals surface area contributed by atoms with Gasteiger partial charge in [0.15, 0.2) is 0 Å². The van der Waals surface area contributed by atoms with E-state index in [-0.39, 0.29) is 5.91 Å². The molecule has 0 unspecified atom stereocenters. The predicted molar refractivity (Wildman–Crippen MR) is 111 cm³/mol. The molecule has 1 aliphatic heterocycles. The van der Waals surface area contributed by atoms with E-state index in [4.69, 9.17) is 16.3 Å². The highest BCUT2D eigenvalue weighted by Crippen LogP contribution is 2.23. The Labute approximate surface area is 174 Å². The number of para-hydroxylation sites is 1. The van der Waals surface area contributed by atoms with E-state index in [0.717, 1.165) is 25.3 Å². The van der Waals surface area contributed by atoms with Gasteiger partial charge in [0.2, 0.25) is 0 Å². The van der Waals surface area contributed by atoms with Crippen LogP contribution in [0.2, 0.25) is 5.02 Å². The Bertz CT molecular complexity index is 938. The van der Waals surface area contributed by atoms with E-state index in [2.05, 4.69) is 15.0 Å². The standard InChI is InChI=1S/C21H22ClN5O2/c22-19-3-1-2-4-20(19)29-14-13-25-9-11-26(12-10-25)21(28)17-5-7-18(8-6-17)27-16-23-15-24-27/h1-8,15-16H,9-14H2. The summed E-state index contributed by atoms with van der Waals surface area (Å²) < 4.78 is 7.42. The van der Waals surface area contributed by atoms with E-state index < -0.39 is 0 Å². The Hall–Kier alpha value is -2.90. The first-order valence-corrected chi connectivity index (χ1v) is 9.92. The molecule has 0 radical (unpaired) electrons. The van der Waals surface area contributed by atoms with Crippen molar-refractivity contribution in [1.29, 1.82) is 0 Å². The number of benzene rings is 2. The van der Waals surface area contributed by atoms with Crippen LogP contribution in [0.15, 0.2) is 61.2 Å². The molecule has 0 N–H and O–H groups in total. The monoisotopic (exact) mass is 411 g/mol. The van der Waals surface area contributed by atoms with Crippen molar-refractivity contribution >= 4 is 17.5 Å². The van der Waals surface area contributed by atoms with Gasteiger partial charge in [-0.05, 0) is 36.4 Å². The van der Waals surface area contributed by atoms with Crippen molar-refractivity contribution in [3.63, 3.8) is 0 Å². The third kappa shape index (κ3) is 4.75. The van der Waals surface area contributed by atoms with Crippen molar-refractivity contribution in [3.8, 4) is 11.4 Å². The summed E-state index contributed by atoms with van der Waals surface area (Å²) in [6.07, 6.45) is 3.11. The Kier molecular flexibility index (Phi) is 6.07. The minimum Gasteiger partial charge on any atom is -0.491 e. The maximum atomic E-state index is 12.8.